The van der Waals surface area contributed by atoms with Crippen LogP contribution in [0, 0.1) is 0 Å². The number of hydrogen-bond acceptors (Lipinski definition) is 6. The molecule has 4 aromatic rings. The van der Waals surface area contributed by atoms with Crippen LogP contribution in [0.15, 0.2) is 60.8 Å². The minimum atomic E-state index is -0.449. The summed E-state index contributed by atoms with van der Waals surface area (Å²) in [5, 5.41) is 3.27. The van der Waals surface area contributed by atoms with Crippen molar-refractivity contribution in [3.8, 4) is 11.5 Å². The van der Waals surface area contributed by atoms with Crippen molar-refractivity contribution in [1.29, 1.82) is 0 Å². The first-order valence-corrected chi connectivity index (χ1v) is 9.64. The molecule has 4 rings (SSSR count). The number of carbonyl (C=O) groups excluding carboxylic acids is 2. The van der Waals surface area contributed by atoms with Crippen LogP contribution < -0.4 is 15.8 Å². The van der Waals surface area contributed by atoms with Crippen molar-refractivity contribution >= 4 is 34.4 Å². The molecule has 0 spiro atoms. The Balaban J connectivity index is 1.56. The van der Waals surface area contributed by atoms with E-state index in [1.807, 2.05) is 41.9 Å². The van der Waals surface area contributed by atoms with Gasteiger partial charge in [0.1, 0.15) is 11.5 Å². The Morgan fingerprint density at radius 1 is 1.06 bits per heavy atom. The number of aromatic nitrogens is 3. The summed E-state index contributed by atoms with van der Waals surface area (Å²) in [6.07, 6.45) is 1.63. The minimum absolute atomic E-state index is 0.0257. The average Bonchev–Trinajstić information content (AvgIpc) is 3.03. The van der Waals surface area contributed by atoms with Crippen molar-refractivity contribution in [3.05, 3.63) is 72.1 Å². The van der Waals surface area contributed by atoms with E-state index in [2.05, 4.69) is 15.3 Å². The Morgan fingerprint density at radius 2 is 1.81 bits per heavy atom. The molecule has 0 aliphatic carbocycles. The Hall–Kier alpha value is -4.20. The molecule has 2 heterocycles. The summed E-state index contributed by atoms with van der Waals surface area (Å²) in [4.78, 5) is 31.3. The van der Waals surface area contributed by atoms with Crippen LogP contribution in [0.4, 0.5) is 11.6 Å². The molecule has 156 valence electrons. The third-order valence-electron chi connectivity index (χ3n) is 4.78. The topological polar surface area (TPSA) is 112 Å². The Labute approximate surface area is 178 Å². The maximum absolute atomic E-state index is 11.4. The van der Waals surface area contributed by atoms with Crippen LogP contribution in [0.25, 0.3) is 11.0 Å². The first-order chi connectivity index (χ1) is 14.9. The zero-order valence-corrected chi connectivity index (χ0v) is 17.1. The SMILES string of the molecule is CC(=O)c1ccc(Nc2nc3cc(Oc4ccnc(CC(N)=O)c4)ccc3n2C)cc1. The summed E-state index contributed by atoms with van der Waals surface area (Å²) >= 11 is 0. The lowest BCUT2D eigenvalue weighted by Crippen LogP contribution is -2.14. The number of ketones is 1. The second kappa shape index (κ2) is 8.27. The second-order valence-electron chi connectivity index (χ2n) is 7.13. The molecule has 8 nitrogen and oxygen atoms in total. The minimum Gasteiger partial charge on any atom is -0.457 e. The molecule has 3 N–H and O–H groups in total. The summed E-state index contributed by atoms with van der Waals surface area (Å²) in [6, 6.07) is 16.3. The zero-order valence-electron chi connectivity index (χ0n) is 17.1. The Kier molecular flexibility index (Phi) is 5.36. The van der Waals surface area contributed by atoms with Gasteiger partial charge in [0.25, 0.3) is 0 Å². The molecule has 0 radical (unpaired) electrons. The summed E-state index contributed by atoms with van der Waals surface area (Å²) < 4.78 is 7.86. The maximum atomic E-state index is 11.4. The van der Waals surface area contributed by atoms with E-state index in [0.29, 0.717) is 28.7 Å². The van der Waals surface area contributed by atoms with E-state index < -0.39 is 5.91 Å². The summed E-state index contributed by atoms with van der Waals surface area (Å²) in [5.41, 5.74) is 8.96. The van der Waals surface area contributed by atoms with E-state index in [4.69, 9.17) is 10.5 Å². The summed E-state index contributed by atoms with van der Waals surface area (Å²) in [6.45, 7) is 1.54. The van der Waals surface area contributed by atoms with E-state index in [0.717, 1.165) is 16.7 Å². The second-order valence-corrected chi connectivity index (χ2v) is 7.13. The van der Waals surface area contributed by atoms with E-state index in [-0.39, 0.29) is 12.2 Å². The van der Waals surface area contributed by atoms with Crippen LogP contribution in [0.2, 0.25) is 0 Å². The van der Waals surface area contributed by atoms with Gasteiger partial charge in [0.15, 0.2) is 5.78 Å². The number of nitrogens with one attached hydrogen (secondary N) is 1. The van der Waals surface area contributed by atoms with Crippen LogP contribution >= 0.6 is 0 Å². The molecule has 0 atom stereocenters. The molecule has 0 saturated carbocycles. The average molecular weight is 415 g/mol. The maximum Gasteiger partial charge on any atom is 0.223 e. The molecule has 2 aromatic carbocycles. The molecule has 0 saturated heterocycles. The van der Waals surface area contributed by atoms with Crippen molar-refractivity contribution in [1.82, 2.24) is 14.5 Å². The highest BCUT2D eigenvalue weighted by Crippen LogP contribution is 2.28. The number of pyridine rings is 1. The van der Waals surface area contributed by atoms with Gasteiger partial charge in [0.2, 0.25) is 11.9 Å². The molecule has 0 aliphatic heterocycles. The van der Waals surface area contributed by atoms with Crippen molar-refractivity contribution < 1.29 is 14.3 Å². The van der Waals surface area contributed by atoms with Crippen LogP contribution in [0.3, 0.4) is 0 Å². The van der Waals surface area contributed by atoms with Gasteiger partial charge in [-0.05, 0) is 49.4 Å². The van der Waals surface area contributed by atoms with Crippen molar-refractivity contribution in [2.24, 2.45) is 12.8 Å². The fraction of sp³-hybridized carbons (Fsp3) is 0.130. The molecule has 8 heteroatoms. The largest absolute Gasteiger partial charge is 0.457 e. The number of imidazole rings is 1. The lowest BCUT2D eigenvalue weighted by atomic mass is 10.1. The number of amides is 1. The first-order valence-electron chi connectivity index (χ1n) is 9.64. The van der Waals surface area contributed by atoms with E-state index in [1.54, 1.807) is 30.5 Å². The number of fused-ring (bicyclic) bond motifs is 1. The first kappa shape index (κ1) is 20.1. The van der Waals surface area contributed by atoms with Gasteiger partial charge in [0.05, 0.1) is 23.1 Å². The number of Topliss-reactive ketones (excluding diaryl/α,β-unsaturated/α-hetero) is 1. The number of hydrogen-bond donors (Lipinski definition) is 2. The predicted octanol–water partition coefficient (Wildman–Crippen LogP) is 3.73. The van der Waals surface area contributed by atoms with Gasteiger partial charge in [-0.25, -0.2) is 4.98 Å². The number of anilines is 2. The van der Waals surface area contributed by atoms with Gasteiger partial charge >= 0.3 is 0 Å². The normalized spacial score (nSPS) is 10.8. The van der Waals surface area contributed by atoms with E-state index >= 15 is 0 Å². The van der Waals surface area contributed by atoms with Crippen LogP contribution in [0.1, 0.15) is 23.0 Å². The molecule has 1 amide bonds. The highest BCUT2D eigenvalue weighted by atomic mass is 16.5. The van der Waals surface area contributed by atoms with Gasteiger partial charge in [-0.3, -0.25) is 14.6 Å². The fourth-order valence-electron chi connectivity index (χ4n) is 3.20. The Morgan fingerprint density at radius 3 is 2.52 bits per heavy atom. The van der Waals surface area contributed by atoms with E-state index in [9.17, 15) is 9.59 Å². The number of nitrogens with two attached hydrogens (primary N) is 1. The molecule has 0 fully saturated rings. The Bertz CT molecular complexity index is 1280. The molecular formula is C23H21N5O3. The number of aryl methyl sites for hydroxylation is 1. The molecule has 31 heavy (non-hydrogen) atoms. The van der Waals surface area contributed by atoms with Crippen LogP contribution in [-0.2, 0) is 18.3 Å². The fourth-order valence-corrected chi connectivity index (χ4v) is 3.20. The van der Waals surface area contributed by atoms with Gasteiger partial charge in [0, 0.05) is 36.6 Å². The molecule has 0 bridgehead atoms. The third kappa shape index (κ3) is 4.53. The molecule has 2 aromatic heterocycles. The molecular weight excluding hydrogens is 394 g/mol. The summed E-state index contributed by atoms with van der Waals surface area (Å²) in [7, 11) is 1.92. The van der Waals surface area contributed by atoms with Gasteiger partial charge in [-0.1, -0.05) is 0 Å². The lowest BCUT2D eigenvalue weighted by Gasteiger charge is -2.07. The number of nitrogens with zero attached hydrogens (tertiary/aromatic N) is 3. The predicted molar refractivity (Wildman–Crippen MR) is 118 cm³/mol. The highest BCUT2D eigenvalue weighted by Gasteiger charge is 2.11. The molecule has 0 unspecified atom stereocenters. The number of primary amides is 1. The quantitative estimate of drug-likeness (QED) is 0.445. The van der Waals surface area contributed by atoms with Crippen LogP contribution in [-0.4, -0.2) is 26.2 Å². The van der Waals surface area contributed by atoms with Crippen molar-refractivity contribution in [2.45, 2.75) is 13.3 Å². The highest BCUT2D eigenvalue weighted by molar-refractivity contribution is 5.94. The van der Waals surface area contributed by atoms with Gasteiger partial charge in [-0.2, -0.15) is 0 Å². The standard InChI is InChI=1S/C23H21N5O3/c1-14(29)15-3-5-16(6-4-15)26-23-27-20-13-18(7-8-21(20)28(23)2)31-19-9-10-25-17(11-19)12-22(24)30/h3-11,13H,12H2,1-2H3,(H2,24,30)(H,26,27). The smallest absolute Gasteiger partial charge is 0.223 e. The lowest BCUT2D eigenvalue weighted by molar-refractivity contribution is -0.117. The van der Waals surface area contributed by atoms with Crippen molar-refractivity contribution in [3.63, 3.8) is 0 Å². The van der Waals surface area contributed by atoms with Gasteiger partial charge < -0.3 is 20.4 Å². The third-order valence-corrected chi connectivity index (χ3v) is 4.78. The number of carbonyl (C=O) groups is 2. The number of ether oxygens (including phenoxy) is 1. The monoisotopic (exact) mass is 415 g/mol. The van der Waals surface area contributed by atoms with Gasteiger partial charge in [-0.15, -0.1) is 0 Å². The number of benzene rings is 2. The zero-order chi connectivity index (χ0) is 22.0. The summed E-state index contributed by atoms with van der Waals surface area (Å²) in [5.74, 6) is 1.41. The molecule has 0 aliphatic rings. The van der Waals surface area contributed by atoms with Crippen molar-refractivity contribution in [2.75, 3.05) is 5.32 Å². The number of rotatable bonds is 7. The van der Waals surface area contributed by atoms with E-state index in [1.165, 1.54) is 6.92 Å². The van der Waals surface area contributed by atoms with Crippen LogP contribution in [0.5, 0.6) is 11.5 Å².